The van der Waals surface area contributed by atoms with Gasteiger partial charge in [0, 0.05) is 63.7 Å². The van der Waals surface area contributed by atoms with Crippen LogP contribution in [0.15, 0.2) is 59.9 Å². The van der Waals surface area contributed by atoms with E-state index in [2.05, 4.69) is 55.5 Å². The third-order valence-electron chi connectivity index (χ3n) is 6.82. The number of H-pyrrole nitrogens is 1. The minimum Gasteiger partial charge on any atom is -0.384 e. The topological polar surface area (TPSA) is 64.7 Å². The molecule has 0 saturated carbocycles. The molecule has 2 fully saturated rings. The van der Waals surface area contributed by atoms with Gasteiger partial charge in [0.1, 0.15) is 0 Å². The van der Waals surface area contributed by atoms with Crippen LogP contribution in [0.2, 0.25) is 0 Å². The van der Waals surface area contributed by atoms with E-state index in [9.17, 15) is 4.79 Å². The van der Waals surface area contributed by atoms with E-state index in [1.165, 1.54) is 12.1 Å². The van der Waals surface area contributed by atoms with Gasteiger partial charge in [-0.1, -0.05) is 30.8 Å². The Balaban J connectivity index is 1.21. The number of anilines is 2. The van der Waals surface area contributed by atoms with Crippen LogP contribution in [0.25, 0.3) is 16.6 Å². The second kappa shape index (κ2) is 9.27. The monoisotopic (exact) mass is 445 g/mol. The molecule has 2 aromatic carbocycles. The molecule has 3 aromatic rings. The highest BCUT2D eigenvalue weighted by atomic mass is 16.5. The molecule has 5 rings (SSSR count). The predicted octanol–water partition coefficient (Wildman–Crippen LogP) is 3.19. The number of ether oxygens (including phenoxy) is 1. The molecular weight excluding hydrogens is 414 g/mol. The minimum absolute atomic E-state index is 0.0888. The fourth-order valence-electron chi connectivity index (χ4n) is 4.90. The third-order valence-corrected chi connectivity index (χ3v) is 6.82. The first kappa shape index (κ1) is 21.5. The van der Waals surface area contributed by atoms with Gasteiger partial charge in [-0.3, -0.25) is 9.78 Å². The zero-order valence-corrected chi connectivity index (χ0v) is 19.2. The molecule has 2 aliphatic heterocycles. The fraction of sp³-hybridized carbons (Fsp3) is 0.385. The Labute approximate surface area is 194 Å². The Morgan fingerprint density at radius 1 is 1.06 bits per heavy atom. The number of rotatable bonds is 6. The van der Waals surface area contributed by atoms with Crippen molar-refractivity contribution in [1.82, 2.24) is 14.9 Å². The Morgan fingerprint density at radius 2 is 1.82 bits per heavy atom. The van der Waals surface area contributed by atoms with Crippen molar-refractivity contribution >= 4 is 28.2 Å². The molecule has 7 nitrogen and oxygen atoms in total. The van der Waals surface area contributed by atoms with Crippen LogP contribution in [0.5, 0.6) is 0 Å². The van der Waals surface area contributed by atoms with Gasteiger partial charge in [-0.25, -0.2) is 4.98 Å². The molecular formula is C26H31N5O2. The molecule has 33 heavy (non-hydrogen) atoms. The van der Waals surface area contributed by atoms with E-state index in [0.717, 1.165) is 62.7 Å². The lowest BCUT2D eigenvalue weighted by atomic mass is 10.1. The van der Waals surface area contributed by atoms with E-state index in [-0.39, 0.29) is 5.56 Å². The van der Waals surface area contributed by atoms with E-state index in [1.54, 1.807) is 13.2 Å². The quantitative estimate of drug-likeness (QED) is 0.629. The molecule has 7 heteroatoms. The van der Waals surface area contributed by atoms with Gasteiger partial charge in [0.15, 0.2) is 0 Å². The first-order chi connectivity index (χ1) is 16.1. The number of aromatic amines is 1. The summed E-state index contributed by atoms with van der Waals surface area (Å²) >= 11 is 0. The maximum Gasteiger partial charge on any atom is 0.260 e. The minimum atomic E-state index is -0.0888. The highest BCUT2D eigenvalue weighted by Crippen LogP contribution is 2.27. The summed E-state index contributed by atoms with van der Waals surface area (Å²) in [5, 5.41) is 0.625. The van der Waals surface area contributed by atoms with E-state index in [0.29, 0.717) is 17.3 Å². The zero-order valence-electron chi connectivity index (χ0n) is 19.2. The Kier molecular flexibility index (Phi) is 6.05. The molecule has 3 heterocycles. The van der Waals surface area contributed by atoms with Crippen LogP contribution in [0.4, 0.5) is 11.6 Å². The largest absolute Gasteiger partial charge is 0.384 e. The molecule has 2 saturated heterocycles. The fourth-order valence-corrected chi connectivity index (χ4v) is 4.90. The Hall–Kier alpha value is -3.32. The van der Waals surface area contributed by atoms with Crippen LogP contribution in [0.3, 0.4) is 0 Å². The highest BCUT2D eigenvalue weighted by molar-refractivity contribution is 5.78. The van der Waals surface area contributed by atoms with Crippen molar-refractivity contribution in [2.24, 2.45) is 5.92 Å². The van der Waals surface area contributed by atoms with Gasteiger partial charge in [-0.2, -0.15) is 0 Å². The summed E-state index contributed by atoms with van der Waals surface area (Å²) in [6.07, 6.45) is 1.18. The van der Waals surface area contributed by atoms with Gasteiger partial charge in [0.05, 0.1) is 17.5 Å². The third kappa shape index (κ3) is 4.46. The number of para-hydroxylation sites is 1. The summed E-state index contributed by atoms with van der Waals surface area (Å²) in [7, 11) is 1.78. The maximum absolute atomic E-state index is 12.4. The van der Waals surface area contributed by atoms with Gasteiger partial charge in [0.2, 0.25) is 5.95 Å². The van der Waals surface area contributed by atoms with Crippen molar-refractivity contribution in [2.45, 2.75) is 6.42 Å². The van der Waals surface area contributed by atoms with Crippen LogP contribution in [-0.2, 0) is 4.74 Å². The van der Waals surface area contributed by atoms with Crippen molar-refractivity contribution in [3.8, 4) is 0 Å². The van der Waals surface area contributed by atoms with E-state index >= 15 is 0 Å². The van der Waals surface area contributed by atoms with Crippen LogP contribution in [0, 0.1) is 5.92 Å². The number of hydrogen-bond acceptors (Lipinski definition) is 6. The summed E-state index contributed by atoms with van der Waals surface area (Å²) in [6, 6.07) is 16.2. The lowest BCUT2D eigenvalue weighted by Crippen LogP contribution is -2.46. The Morgan fingerprint density at radius 3 is 2.58 bits per heavy atom. The second-order valence-corrected chi connectivity index (χ2v) is 8.93. The van der Waals surface area contributed by atoms with Crippen molar-refractivity contribution in [2.75, 3.05) is 62.8 Å². The van der Waals surface area contributed by atoms with Gasteiger partial charge < -0.3 is 19.4 Å². The van der Waals surface area contributed by atoms with Gasteiger partial charge in [-0.05, 0) is 36.2 Å². The number of fused-ring (bicyclic) bond motifs is 1. The second-order valence-electron chi connectivity index (χ2n) is 8.93. The van der Waals surface area contributed by atoms with Crippen molar-refractivity contribution in [3.05, 3.63) is 71.0 Å². The van der Waals surface area contributed by atoms with Crippen molar-refractivity contribution < 1.29 is 4.74 Å². The van der Waals surface area contributed by atoms with Gasteiger partial charge in [0.25, 0.3) is 5.56 Å². The summed E-state index contributed by atoms with van der Waals surface area (Å²) in [4.78, 5) is 26.9. The van der Waals surface area contributed by atoms with E-state index < -0.39 is 0 Å². The first-order valence-corrected chi connectivity index (χ1v) is 11.6. The molecule has 1 unspecified atom stereocenters. The van der Waals surface area contributed by atoms with Crippen LogP contribution in [-0.4, -0.2) is 67.9 Å². The molecule has 0 bridgehead atoms. The maximum atomic E-state index is 12.4. The van der Waals surface area contributed by atoms with Crippen LogP contribution in [0.1, 0.15) is 12.0 Å². The van der Waals surface area contributed by atoms with Crippen molar-refractivity contribution in [3.63, 3.8) is 0 Å². The SMILES string of the molecule is C=C(c1ccc(N2CCC(COC)C2)cc1)N1CCN(c2nc3ccccc3c(=O)[nH]2)CC1. The van der Waals surface area contributed by atoms with Gasteiger partial charge >= 0.3 is 0 Å². The molecule has 0 aliphatic carbocycles. The number of hydrogen-bond donors (Lipinski definition) is 1. The zero-order chi connectivity index (χ0) is 22.8. The molecule has 0 amide bonds. The lowest BCUT2D eigenvalue weighted by molar-refractivity contribution is 0.161. The number of benzene rings is 2. The smallest absolute Gasteiger partial charge is 0.260 e. The van der Waals surface area contributed by atoms with E-state index in [1.807, 2.05) is 18.2 Å². The molecule has 1 atom stereocenters. The Bertz CT molecular complexity index is 1180. The first-order valence-electron chi connectivity index (χ1n) is 11.6. The molecule has 2 aliphatic rings. The molecule has 172 valence electrons. The van der Waals surface area contributed by atoms with Gasteiger partial charge in [-0.15, -0.1) is 0 Å². The number of nitrogens with zero attached hydrogens (tertiary/aromatic N) is 4. The predicted molar refractivity (Wildman–Crippen MR) is 134 cm³/mol. The van der Waals surface area contributed by atoms with E-state index in [4.69, 9.17) is 4.74 Å². The summed E-state index contributed by atoms with van der Waals surface area (Å²) in [6.45, 7) is 10.6. The van der Waals surface area contributed by atoms with Crippen LogP contribution < -0.4 is 15.4 Å². The number of piperazine rings is 1. The molecule has 0 radical (unpaired) electrons. The van der Waals surface area contributed by atoms with Crippen LogP contribution >= 0.6 is 0 Å². The summed E-state index contributed by atoms with van der Waals surface area (Å²) < 4.78 is 5.32. The van der Waals surface area contributed by atoms with Crippen molar-refractivity contribution in [1.29, 1.82) is 0 Å². The standard InChI is InChI=1S/C26H31N5O2/c1-19(21-7-9-22(10-8-21)31-12-11-20(17-31)18-33-2)29-13-15-30(16-14-29)26-27-24-6-4-3-5-23(24)25(32)28-26/h3-10,20H,1,11-18H2,2H3,(H,27,28,32). The number of nitrogens with one attached hydrogen (secondary N) is 1. The summed E-state index contributed by atoms with van der Waals surface area (Å²) in [5.74, 6) is 1.26. The average Bonchev–Trinajstić information content (AvgIpc) is 3.33. The lowest BCUT2D eigenvalue weighted by Gasteiger charge is -2.37. The summed E-state index contributed by atoms with van der Waals surface area (Å²) in [5.41, 5.74) is 4.10. The molecule has 0 spiro atoms. The number of methoxy groups -OCH3 is 1. The average molecular weight is 446 g/mol. The number of aromatic nitrogens is 2. The highest BCUT2D eigenvalue weighted by Gasteiger charge is 2.23. The molecule has 1 aromatic heterocycles. The normalized spacial score (nSPS) is 18.8. The molecule has 1 N–H and O–H groups in total.